The summed E-state index contributed by atoms with van der Waals surface area (Å²) < 4.78 is 12.6. The fourth-order valence-electron chi connectivity index (χ4n) is 7.60. The maximum atomic E-state index is 15.2. The molecule has 1 amide bonds. The molecule has 1 aliphatic heterocycles. The summed E-state index contributed by atoms with van der Waals surface area (Å²) >= 11 is 0. The molecule has 2 aliphatic rings. The Morgan fingerprint density at radius 2 is 1.38 bits per heavy atom. The number of aliphatic hydroxyl groups excluding tert-OH is 1. The van der Waals surface area contributed by atoms with E-state index in [-0.39, 0.29) is 31.5 Å². The second-order valence-electron chi connectivity index (χ2n) is 13.8. The number of benzene rings is 6. The number of amides is 1. The van der Waals surface area contributed by atoms with Crippen LogP contribution in [0.2, 0.25) is 0 Å². The quantitative estimate of drug-likeness (QED) is 0.0337. The molecule has 6 aromatic carbocycles. The van der Waals surface area contributed by atoms with Crippen LogP contribution in [0.25, 0.3) is 32.7 Å². The topological polar surface area (TPSA) is 141 Å². The number of fused-ring (bicyclic) bond motifs is 3. The average Bonchev–Trinajstić information content (AvgIpc) is 3.80. The van der Waals surface area contributed by atoms with Gasteiger partial charge in [0.2, 0.25) is 5.90 Å². The lowest BCUT2D eigenvalue weighted by atomic mass is 9.80. The Kier molecular flexibility index (Phi) is 10.6. The Bertz CT molecular complexity index is 2370. The van der Waals surface area contributed by atoms with E-state index in [0.29, 0.717) is 30.2 Å². The highest BCUT2D eigenvalue weighted by atomic mass is 16.5. The minimum absolute atomic E-state index is 0.0429. The number of nitrogens with zero attached hydrogens (tertiary/aromatic N) is 4. The predicted octanol–water partition coefficient (Wildman–Crippen LogP) is 8.82. The molecule has 0 spiro atoms. The van der Waals surface area contributed by atoms with Crippen LogP contribution in [-0.4, -0.2) is 35.7 Å². The van der Waals surface area contributed by atoms with E-state index in [9.17, 15) is 10.6 Å². The van der Waals surface area contributed by atoms with E-state index in [2.05, 4.69) is 57.3 Å². The van der Waals surface area contributed by atoms with Gasteiger partial charge in [0, 0.05) is 29.9 Å². The van der Waals surface area contributed by atoms with Crippen LogP contribution in [0.5, 0.6) is 5.75 Å². The van der Waals surface area contributed by atoms with Gasteiger partial charge in [0.15, 0.2) is 11.6 Å². The molecule has 8 rings (SSSR count). The Hall–Kier alpha value is -6.71. The standard InChI is InChI=1S/C46H40N6O4/c47-52-48-30-36-14-5-4-13-35(36)29-46(45(54)51-50-42-40-17-8-6-15-38(40)39-16-7-9-18-41(39)42)43(33-21-19-32(20-22-33)31-11-2-1-3-12-31)56-44(49-46)34-23-25-37(26-24-34)55-28-10-27-53/h1-9,11-26,42-43,50,53H,10,27-30H2,(H,51,54)/t43-,46-/m0/s1. The maximum Gasteiger partial charge on any atom is 0.266 e. The Balaban J connectivity index is 1.22. The van der Waals surface area contributed by atoms with Crippen molar-refractivity contribution in [2.75, 3.05) is 13.2 Å². The summed E-state index contributed by atoms with van der Waals surface area (Å²) in [5.74, 6) is 0.573. The monoisotopic (exact) mass is 740 g/mol. The van der Waals surface area contributed by atoms with Crippen molar-refractivity contribution in [3.8, 4) is 28.0 Å². The number of ether oxygens (including phenoxy) is 2. The van der Waals surface area contributed by atoms with Crippen LogP contribution in [-0.2, 0) is 22.5 Å². The molecule has 0 aromatic heterocycles. The fourth-order valence-corrected chi connectivity index (χ4v) is 7.60. The molecule has 0 unspecified atom stereocenters. The van der Waals surface area contributed by atoms with Crippen LogP contribution in [0.15, 0.2) is 162 Å². The van der Waals surface area contributed by atoms with E-state index >= 15 is 4.79 Å². The van der Waals surface area contributed by atoms with E-state index in [1.165, 1.54) is 0 Å². The Morgan fingerprint density at radius 1 is 0.768 bits per heavy atom. The first-order valence-electron chi connectivity index (χ1n) is 18.7. The van der Waals surface area contributed by atoms with Gasteiger partial charge in [-0.25, -0.2) is 10.4 Å². The van der Waals surface area contributed by atoms with Gasteiger partial charge < -0.3 is 14.6 Å². The lowest BCUT2D eigenvalue weighted by Gasteiger charge is -2.32. The summed E-state index contributed by atoms with van der Waals surface area (Å²) in [7, 11) is 0. The van der Waals surface area contributed by atoms with Gasteiger partial charge in [-0.3, -0.25) is 10.2 Å². The number of nitrogens with one attached hydrogen (secondary N) is 2. The van der Waals surface area contributed by atoms with Gasteiger partial charge in [-0.05, 0) is 79.9 Å². The van der Waals surface area contributed by atoms with Crippen molar-refractivity contribution in [3.63, 3.8) is 0 Å². The second-order valence-corrected chi connectivity index (χ2v) is 13.8. The number of azide groups is 1. The molecule has 56 heavy (non-hydrogen) atoms. The first kappa shape index (κ1) is 36.3. The average molecular weight is 741 g/mol. The fraction of sp³-hybridized carbons (Fsp3) is 0.174. The van der Waals surface area contributed by atoms with Gasteiger partial charge in [0.05, 0.1) is 19.2 Å². The first-order valence-corrected chi connectivity index (χ1v) is 18.7. The molecular formula is C46H40N6O4. The minimum atomic E-state index is -1.52. The molecule has 3 N–H and O–H groups in total. The molecule has 10 heteroatoms. The zero-order valence-corrected chi connectivity index (χ0v) is 30.6. The van der Waals surface area contributed by atoms with Crippen molar-refractivity contribution < 1.29 is 19.4 Å². The van der Waals surface area contributed by atoms with Crippen LogP contribution in [0.1, 0.15) is 51.9 Å². The SMILES string of the molecule is [N-]=[N+]=NCc1ccccc1C[C@]1(C(=O)NNC2c3ccccc3-c3ccccc32)N=C(c2ccc(OCCCO)cc2)O[C@H]1c1ccc(-c2ccccc2)cc1. The molecule has 1 heterocycles. The third-order valence-electron chi connectivity index (χ3n) is 10.4. The molecule has 0 radical (unpaired) electrons. The van der Waals surface area contributed by atoms with E-state index in [4.69, 9.17) is 14.5 Å². The van der Waals surface area contributed by atoms with Crippen LogP contribution < -0.4 is 15.6 Å². The molecule has 0 saturated carbocycles. The van der Waals surface area contributed by atoms with Gasteiger partial charge in [-0.15, -0.1) is 0 Å². The van der Waals surface area contributed by atoms with Gasteiger partial charge in [0.1, 0.15) is 5.75 Å². The summed E-state index contributed by atoms with van der Waals surface area (Å²) in [4.78, 5) is 23.5. The number of carbonyl (C=O) groups excluding carboxylic acids is 1. The van der Waals surface area contributed by atoms with Gasteiger partial charge in [-0.2, -0.15) is 0 Å². The van der Waals surface area contributed by atoms with Crippen LogP contribution >= 0.6 is 0 Å². The molecule has 10 nitrogen and oxygen atoms in total. The predicted molar refractivity (Wildman–Crippen MR) is 217 cm³/mol. The number of aliphatic imine (C=N–C) groups is 1. The van der Waals surface area contributed by atoms with Crippen molar-refractivity contribution in [2.24, 2.45) is 10.1 Å². The smallest absolute Gasteiger partial charge is 0.266 e. The summed E-state index contributed by atoms with van der Waals surface area (Å²) in [6, 6.07) is 49.3. The summed E-state index contributed by atoms with van der Waals surface area (Å²) in [5, 5.41) is 13.1. The van der Waals surface area contributed by atoms with Crippen molar-refractivity contribution in [2.45, 2.75) is 37.1 Å². The first-order chi connectivity index (χ1) is 27.6. The number of hydrogen-bond acceptors (Lipinski definition) is 7. The van der Waals surface area contributed by atoms with Crippen LogP contribution in [0.4, 0.5) is 0 Å². The van der Waals surface area contributed by atoms with Crippen molar-refractivity contribution in [1.82, 2.24) is 10.9 Å². The van der Waals surface area contributed by atoms with Gasteiger partial charge in [-0.1, -0.05) is 133 Å². The lowest BCUT2D eigenvalue weighted by molar-refractivity contribution is -0.130. The molecule has 6 aromatic rings. The zero-order valence-electron chi connectivity index (χ0n) is 30.6. The largest absolute Gasteiger partial charge is 0.494 e. The highest BCUT2D eigenvalue weighted by molar-refractivity contribution is 6.01. The van der Waals surface area contributed by atoms with E-state index < -0.39 is 11.6 Å². The van der Waals surface area contributed by atoms with Crippen LogP contribution in [0.3, 0.4) is 0 Å². The summed E-state index contributed by atoms with van der Waals surface area (Å²) in [6.07, 6.45) is -0.181. The zero-order chi connectivity index (χ0) is 38.3. The summed E-state index contributed by atoms with van der Waals surface area (Å²) in [6.45, 7) is 0.543. The van der Waals surface area contributed by atoms with Crippen LogP contribution in [0, 0.1) is 0 Å². The maximum absolute atomic E-state index is 15.2. The van der Waals surface area contributed by atoms with E-state index in [1.54, 1.807) is 0 Å². The summed E-state index contributed by atoms with van der Waals surface area (Å²) in [5.41, 5.74) is 23.7. The Morgan fingerprint density at radius 3 is 2.05 bits per heavy atom. The number of rotatable bonds is 14. The molecule has 2 atom stereocenters. The normalized spacial score (nSPS) is 16.9. The van der Waals surface area contributed by atoms with Crippen molar-refractivity contribution in [3.05, 3.63) is 195 Å². The lowest BCUT2D eigenvalue weighted by Crippen LogP contribution is -2.54. The third-order valence-corrected chi connectivity index (χ3v) is 10.4. The Labute approximate surface area is 325 Å². The van der Waals surface area contributed by atoms with Gasteiger partial charge >= 0.3 is 0 Å². The molecule has 0 saturated heterocycles. The highest BCUT2D eigenvalue weighted by Gasteiger charge is 2.54. The number of hydrogen-bond donors (Lipinski definition) is 3. The van der Waals surface area contributed by atoms with Crippen molar-refractivity contribution >= 4 is 11.8 Å². The molecule has 278 valence electrons. The van der Waals surface area contributed by atoms with Gasteiger partial charge in [0.25, 0.3) is 5.91 Å². The van der Waals surface area contributed by atoms with E-state index in [1.807, 2.05) is 115 Å². The second kappa shape index (κ2) is 16.3. The minimum Gasteiger partial charge on any atom is -0.494 e. The van der Waals surface area contributed by atoms with E-state index in [0.717, 1.165) is 50.1 Å². The molecule has 1 aliphatic carbocycles. The number of carbonyl (C=O) groups is 1. The number of hydrazine groups is 1. The molecule has 0 fully saturated rings. The number of aliphatic hydroxyl groups is 1. The molecular weight excluding hydrogens is 701 g/mol. The highest BCUT2D eigenvalue weighted by Crippen LogP contribution is 2.45. The van der Waals surface area contributed by atoms with Crippen molar-refractivity contribution in [1.29, 1.82) is 0 Å². The molecule has 0 bridgehead atoms. The third kappa shape index (κ3) is 7.24.